The van der Waals surface area contributed by atoms with Crippen LogP contribution < -0.4 is 0 Å². The second kappa shape index (κ2) is 6.36. The first-order valence-electron chi connectivity index (χ1n) is 7.90. The van der Waals surface area contributed by atoms with Crippen LogP contribution in [0.4, 0.5) is 4.39 Å². The SMILES string of the molecule is O=C(c1cc2occc2n1Cc1cccc(F)c1)N1CCSCC1. The molecule has 0 aliphatic carbocycles. The molecule has 0 atom stereocenters. The van der Waals surface area contributed by atoms with Crippen LogP contribution in [0.1, 0.15) is 16.1 Å². The Morgan fingerprint density at radius 1 is 1.21 bits per heavy atom. The topological polar surface area (TPSA) is 38.4 Å². The third kappa shape index (κ3) is 2.82. The normalized spacial score (nSPS) is 15.1. The predicted octanol–water partition coefficient (Wildman–Crippen LogP) is 3.61. The van der Waals surface area contributed by atoms with E-state index in [0.717, 1.165) is 35.7 Å². The Balaban J connectivity index is 1.72. The van der Waals surface area contributed by atoms with Crippen molar-refractivity contribution < 1.29 is 13.6 Å². The summed E-state index contributed by atoms with van der Waals surface area (Å²) in [5, 5.41) is 0. The third-order valence-corrected chi connectivity index (χ3v) is 5.21. The summed E-state index contributed by atoms with van der Waals surface area (Å²) in [6, 6.07) is 10.1. The molecule has 1 amide bonds. The number of thioether (sulfide) groups is 1. The number of halogens is 1. The zero-order valence-corrected chi connectivity index (χ0v) is 13.9. The summed E-state index contributed by atoms with van der Waals surface area (Å²) in [6.45, 7) is 1.95. The molecule has 3 aromatic rings. The van der Waals surface area contributed by atoms with Gasteiger partial charge in [0.25, 0.3) is 5.91 Å². The molecule has 1 aliphatic heterocycles. The number of aromatic nitrogens is 1. The summed E-state index contributed by atoms with van der Waals surface area (Å²) in [5.41, 5.74) is 2.95. The molecule has 1 aliphatic rings. The number of amides is 1. The fraction of sp³-hybridized carbons (Fsp3) is 0.278. The lowest BCUT2D eigenvalue weighted by Crippen LogP contribution is -2.38. The molecule has 0 N–H and O–H groups in total. The zero-order chi connectivity index (χ0) is 16.5. The molecule has 6 heteroatoms. The van der Waals surface area contributed by atoms with E-state index in [1.165, 1.54) is 12.1 Å². The zero-order valence-electron chi connectivity index (χ0n) is 13.1. The Bertz CT molecular complexity index is 880. The molecule has 0 saturated carbocycles. The van der Waals surface area contributed by atoms with Crippen LogP contribution in [0.3, 0.4) is 0 Å². The van der Waals surface area contributed by atoms with Gasteiger partial charge in [-0.25, -0.2) is 4.39 Å². The largest absolute Gasteiger partial charge is 0.463 e. The highest BCUT2D eigenvalue weighted by atomic mass is 32.2. The number of benzene rings is 1. The Kier molecular flexibility index (Phi) is 4.06. The lowest BCUT2D eigenvalue weighted by Gasteiger charge is -2.26. The van der Waals surface area contributed by atoms with Crippen molar-refractivity contribution in [2.24, 2.45) is 0 Å². The standard InChI is InChI=1S/C18H17FN2O2S/c19-14-3-1-2-13(10-14)12-21-15-4-7-23-17(15)11-16(21)18(22)20-5-8-24-9-6-20/h1-4,7,10-11H,5-6,8-9,12H2. The van der Waals surface area contributed by atoms with Gasteiger partial charge >= 0.3 is 0 Å². The first kappa shape index (κ1) is 15.3. The number of furan rings is 1. The Labute approximate surface area is 143 Å². The van der Waals surface area contributed by atoms with Crippen molar-refractivity contribution in [3.05, 3.63) is 59.7 Å². The van der Waals surface area contributed by atoms with E-state index in [4.69, 9.17) is 4.42 Å². The van der Waals surface area contributed by atoms with Crippen LogP contribution in [0.5, 0.6) is 0 Å². The van der Waals surface area contributed by atoms with Crippen LogP contribution in [0.2, 0.25) is 0 Å². The van der Waals surface area contributed by atoms with E-state index < -0.39 is 0 Å². The lowest BCUT2D eigenvalue weighted by atomic mass is 10.2. The molecule has 0 unspecified atom stereocenters. The lowest BCUT2D eigenvalue weighted by molar-refractivity contribution is 0.0762. The van der Waals surface area contributed by atoms with Gasteiger partial charge in [-0.3, -0.25) is 4.79 Å². The molecule has 4 nitrogen and oxygen atoms in total. The van der Waals surface area contributed by atoms with Crippen molar-refractivity contribution in [2.45, 2.75) is 6.54 Å². The van der Waals surface area contributed by atoms with Gasteiger partial charge < -0.3 is 13.9 Å². The van der Waals surface area contributed by atoms with Gasteiger partial charge in [0.15, 0.2) is 5.58 Å². The first-order chi connectivity index (χ1) is 11.7. The van der Waals surface area contributed by atoms with Crippen molar-refractivity contribution in [1.29, 1.82) is 0 Å². The molecule has 0 spiro atoms. The van der Waals surface area contributed by atoms with Crippen molar-refractivity contribution in [2.75, 3.05) is 24.6 Å². The van der Waals surface area contributed by atoms with Gasteiger partial charge in [0.05, 0.1) is 11.8 Å². The van der Waals surface area contributed by atoms with Crippen LogP contribution in [0, 0.1) is 5.82 Å². The number of rotatable bonds is 3. The Hall–Kier alpha value is -2.21. The number of hydrogen-bond donors (Lipinski definition) is 0. The molecule has 4 rings (SSSR count). The highest BCUT2D eigenvalue weighted by Gasteiger charge is 2.24. The highest BCUT2D eigenvalue weighted by Crippen LogP contribution is 2.24. The monoisotopic (exact) mass is 344 g/mol. The maximum absolute atomic E-state index is 13.5. The Morgan fingerprint density at radius 2 is 2.04 bits per heavy atom. The molecule has 1 saturated heterocycles. The van der Waals surface area contributed by atoms with Crippen LogP contribution in [0.15, 0.2) is 47.1 Å². The number of carbonyl (C=O) groups excluding carboxylic acids is 1. The molecule has 0 radical (unpaired) electrons. The van der Waals surface area contributed by atoms with E-state index in [-0.39, 0.29) is 11.7 Å². The van der Waals surface area contributed by atoms with Crippen molar-refractivity contribution in [3.8, 4) is 0 Å². The average molecular weight is 344 g/mol. The van der Waals surface area contributed by atoms with Gasteiger partial charge in [0.2, 0.25) is 0 Å². The second-order valence-electron chi connectivity index (χ2n) is 5.82. The van der Waals surface area contributed by atoms with E-state index in [0.29, 0.717) is 17.8 Å². The fourth-order valence-electron chi connectivity index (χ4n) is 3.07. The summed E-state index contributed by atoms with van der Waals surface area (Å²) < 4.78 is 20.9. The van der Waals surface area contributed by atoms with Gasteiger partial charge in [0, 0.05) is 43.3 Å². The molecule has 124 valence electrons. The summed E-state index contributed by atoms with van der Waals surface area (Å²) in [6.07, 6.45) is 1.61. The quantitative estimate of drug-likeness (QED) is 0.728. The molecule has 2 aromatic heterocycles. The number of fused-ring (bicyclic) bond motifs is 1. The number of hydrogen-bond acceptors (Lipinski definition) is 3. The number of carbonyl (C=O) groups is 1. The minimum absolute atomic E-state index is 0.0121. The van der Waals surface area contributed by atoms with Gasteiger partial charge in [-0.1, -0.05) is 12.1 Å². The van der Waals surface area contributed by atoms with Gasteiger partial charge in [0.1, 0.15) is 11.5 Å². The minimum atomic E-state index is -0.274. The second-order valence-corrected chi connectivity index (χ2v) is 7.05. The maximum atomic E-state index is 13.5. The third-order valence-electron chi connectivity index (χ3n) is 4.27. The maximum Gasteiger partial charge on any atom is 0.270 e. The van der Waals surface area contributed by atoms with Crippen LogP contribution in [-0.4, -0.2) is 40.0 Å². The van der Waals surface area contributed by atoms with Crippen LogP contribution in [0.25, 0.3) is 11.1 Å². The average Bonchev–Trinajstić information content (AvgIpc) is 3.18. The summed E-state index contributed by atoms with van der Waals surface area (Å²) in [4.78, 5) is 14.8. The van der Waals surface area contributed by atoms with E-state index >= 15 is 0 Å². The molecule has 3 heterocycles. The Morgan fingerprint density at radius 3 is 2.83 bits per heavy atom. The highest BCUT2D eigenvalue weighted by molar-refractivity contribution is 7.99. The van der Waals surface area contributed by atoms with E-state index in [1.54, 1.807) is 18.4 Å². The van der Waals surface area contributed by atoms with E-state index in [9.17, 15) is 9.18 Å². The van der Waals surface area contributed by atoms with Crippen LogP contribution >= 0.6 is 11.8 Å². The molecule has 24 heavy (non-hydrogen) atoms. The minimum Gasteiger partial charge on any atom is -0.463 e. The fourth-order valence-corrected chi connectivity index (χ4v) is 3.97. The molecule has 0 bridgehead atoms. The first-order valence-corrected chi connectivity index (χ1v) is 9.06. The van der Waals surface area contributed by atoms with Crippen LogP contribution in [-0.2, 0) is 6.54 Å². The molecule has 1 aromatic carbocycles. The molecule has 1 fully saturated rings. The van der Waals surface area contributed by atoms with Crippen molar-refractivity contribution >= 4 is 28.8 Å². The molecular formula is C18H17FN2O2S. The van der Waals surface area contributed by atoms with E-state index in [1.807, 2.05) is 33.4 Å². The summed E-state index contributed by atoms with van der Waals surface area (Å²) >= 11 is 1.87. The van der Waals surface area contributed by atoms with E-state index in [2.05, 4.69) is 0 Å². The summed E-state index contributed by atoms with van der Waals surface area (Å²) in [5.74, 6) is 1.67. The van der Waals surface area contributed by atoms with Gasteiger partial charge in [-0.2, -0.15) is 11.8 Å². The van der Waals surface area contributed by atoms with Crippen molar-refractivity contribution in [3.63, 3.8) is 0 Å². The molecular weight excluding hydrogens is 327 g/mol. The van der Waals surface area contributed by atoms with Crippen molar-refractivity contribution in [1.82, 2.24) is 9.47 Å². The van der Waals surface area contributed by atoms with Gasteiger partial charge in [-0.15, -0.1) is 0 Å². The smallest absolute Gasteiger partial charge is 0.270 e. The number of nitrogens with zero attached hydrogens (tertiary/aromatic N) is 2. The predicted molar refractivity (Wildman–Crippen MR) is 92.9 cm³/mol. The summed E-state index contributed by atoms with van der Waals surface area (Å²) in [7, 11) is 0. The van der Waals surface area contributed by atoms with Gasteiger partial charge in [-0.05, 0) is 17.7 Å².